The zero-order valence-corrected chi connectivity index (χ0v) is 12.8. The maximum atomic E-state index is 10.4. The van der Waals surface area contributed by atoms with Gasteiger partial charge in [-0.1, -0.05) is 17.7 Å². The lowest BCUT2D eigenvalue weighted by molar-refractivity contribution is -0.0617. The molecule has 0 bridgehead atoms. The van der Waals surface area contributed by atoms with Gasteiger partial charge in [0.15, 0.2) is 0 Å². The van der Waals surface area contributed by atoms with Crippen molar-refractivity contribution in [2.24, 2.45) is 0 Å². The van der Waals surface area contributed by atoms with E-state index < -0.39 is 5.60 Å². The van der Waals surface area contributed by atoms with Gasteiger partial charge in [0.25, 0.3) is 0 Å². The molecule has 2 heterocycles. The topological polar surface area (TPSA) is 67.5 Å². The number of aliphatic hydroxyl groups is 1. The van der Waals surface area contributed by atoms with Crippen molar-refractivity contribution in [2.75, 3.05) is 19.8 Å². The Hall–Kier alpha value is -1.69. The van der Waals surface area contributed by atoms with Crippen LogP contribution in [0.5, 0.6) is 0 Å². The summed E-state index contributed by atoms with van der Waals surface area (Å²) in [4.78, 5) is 4.48. The Kier molecular flexibility index (Phi) is 4.57. The van der Waals surface area contributed by atoms with E-state index in [1.807, 2.05) is 24.3 Å². The van der Waals surface area contributed by atoms with E-state index in [4.69, 9.17) is 9.15 Å². The van der Waals surface area contributed by atoms with E-state index >= 15 is 0 Å². The fourth-order valence-electron chi connectivity index (χ4n) is 2.57. The second-order valence-electron chi connectivity index (χ2n) is 5.95. The normalized spacial score (nSPS) is 17.5. The van der Waals surface area contributed by atoms with Crippen LogP contribution in [0.25, 0.3) is 11.5 Å². The number of aromatic nitrogens is 1. The van der Waals surface area contributed by atoms with Crippen LogP contribution >= 0.6 is 0 Å². The number of nitrogens with one attached hydrogen (secondary N) is 1. The molecule has 0 spiro atoms. The Bertz CT molecular complexity index is 601. The Balaban J connectivity index is 1.54. The molecule has 118 valence electrons. The molecule has 0 amide bonds. The summed E-state index contributed by atoms with van der Waals surface area (Å²) in [6.07, 6.45) is 3.01. The van der Waals surface area contributed by atoms with Crippen LogP contribution in [0.2, 0.25) is 0 Å². The molecule has 1 fully saturated rings. The summed E-state index contributed by atoms with van der Waals surface area (Å²) < 4.78 is 10.8. The summed E-state index contributed by atoms with van der Waals surface area (Å²) in [6.45, 7) is 4.43. The van der Waals surface area contributed by atoms with Gasteiger partial charge in [0, 0.05) is 44.7 Å². The van der Waals surface area contributed by atoms with Gasteiger partial charge in [-0.3, -0.25) is 0 Å². The average Bonchev–Trinajstić information content (AvgIpc) is 2.97. The molecule has 0 radical (unpaired) electrons. The number of ether oxygens (including phenoxy) is 1. The molecule has 5 nitrogen and oxygen atoms in total. The van der Waals surface area contributed by atoms with Gasteiger partial charge in [0.1, 0.15) is 6.26 Å². The van der Waals surface area contributed by atoms with Crippen molar-refractivity contribution in [3.05, 3.63) is 41.8 Å². The Labute approximate surface area is 130 Å². The van der Waals surface area contributed by atoms with Gasteiger partial charge in [-0.15, -0.1) is 0 Å². The van der Waals surface area contributed by atoms with Crippen LogP contribution in [0.3, 0.4) is 0 Å². The van der Waals surface area contributed by atoms with Crippen LogP contribution in [0.15, 0.2) is 34.9 Å². The second kappa shape index (κ2) is 6.60. The number of rotatable bonds is 5. The maximum Gasteiger partial charge on any atom is 0.226 e. The van der Waals surface area contributed by atoms with Crippen molar-refractivity contribution < 1.29 is 14.3 Å². The molecule has 3 rings (SSSR count). The lowest BCUT2D eigenvalue weighted by Gasteiger charge is -2.32. The SMILES string of the molecule is Cc1ccc(-c2nc(CNCC3(O)CCOCC3)co2)cc1. The van der Waals surface area contributed by atoms with Crippen LogP contribution in [-0.4, -0.2) is 35.5 Å². The Morgan fingerprint density at radius 2 is 1.95 bits per heavy atom. The predicted octanol–water partition coefficient (Wildman–Crippen LogP) is 2.28. The van der Waals surface area contributed by atoms with E-state index in [0.29, 0.717) is 45.0 Å². The summed E-state index contributed by atoms with van der Waals surface area (Å²) in [5.74, 6) is 0.626. The molecule has 1 saturated heterocycles. The summed E-state index contributed by atoms with van der Waals surface area (Å²) in [6, 6.07) is 8.09. The Morgan fingerprint density at radius 3 is 2.68 bits per heavy atom. The van der Waals surface area contributed by atoms with E-state index in [0.717, 1.165) is 11.3 Å². The van der Waals surface area contributed by atoms with Gasteiger partial charge >= 0.3 is 0 Å². The van der Waals surface area contributed by atoms with Gasteiger partial charge in [-0.05, 0) is 19.1 Å². The lowest BCUT2D eigenvalue weighted by atomic mass is 9.94. The van der Waals surface area contributed by atoms with E-state index in [-0.39, 0.29) is 0 Å². The highest BCUT2D eigenvalue weighted by molar-refractivity contribution is 5.53. The first-order valence-electron chi connectivity index (χ1n) is 7.67. The number of benzene rings is 1. The molecule has 0 saturated carbocycles. The molecular weight excluding hydrogens is 280 g/mol. The number of aryl methyl sites for hydroxylation is 1. The zero-order valence-electron chi connectivity index (χ0n) is 12.8. The third-order valence-corrected chi connectivity index (χ3v) is 4.03. The van der Waals surface area contributed by atoms with Crippen molar-refractivity contribution in [3.63, 3.8) is 0 Å². The van der Waals surface area contributed by atoms with E-state index in [1.54, 1.807) is 6.26 Å². The smallest absolute Gasteiger partial charge is 0.226 e. The molecule has 0 unspecified atom stereocenters. The molecular formula is C17H22N2O3. The number of hydrogen-bond acceptors (Lipinski definition) is 5. The van der Waals surface area contributed by atoms with Gasteiger partial charge in [-0.25, -0.2) is 4.98 Å². The minimum Gasteiger partial charge on any atom is -0.444 e. The monoisotopic (exact) mass is 302 g/mol. The number of hydrogen-bond donors (Lipinski definition) is 2. The number of nitrogens with zero attached hydrogens (tertiary/aromatic N) is 1. The second-order valence-corrected chi connectivity index (χ2v) is 5.95. The van der Waals surface area contributed by atoms with Crippen LogP contribution in [0, 0.1) is 6.92 Å². The molecule has 1 aliphatic heterocycles. The molecule has 22 heavy (non-hydrogen) atoms. The average molecular weight is 302 g/mol. The molecule has 1 aromatic heterocycles. The van der Waals surface area contributed by atoms with Crippen molar-refractivity contribution in [2.45, 2.75) is 31.9 Å². The highest BCUT2D eigenvalue weighted by atomic mass is 16.5. The Morgan fingerprint density at radius 1 is 1.23 bits per heavy atom. The quantitative estimate of drug-likeness (QED) is 0.887. The van der Waals surface area contributed by atoms with Gasteiger partial charge in [0.2, 0.25) is 5.89 Å². The summed E-state index contributed by atoms with van der Waals surface area (Å²) >= 11 is 0. The minimum atomic E-state index is -0.665. The molecule has 2 aromatic rings. The summed E-state index contributed by atoms with van der Waals surface area (Å²) in [5.41, 5.74) is 2.36. The predicted molar refractivity (Wildman–Crippen MR) is 83.4 cm³/mol. The van der Waals surface area contributed by atoms with E-state index in [1.165, 1.54) is 5.56 Å². The maximum absolute atomic E-state index is 10.4. The fourth-order valence-corrected chi connectivity index (χ4v) is 2.57. The van der Waals surface area contributed by atoms with Gasteiger partial charge < -0.3 is 19.6 Å². The zero-order chi connectivity index (χ0) is 15.4. The van der Waals surface area contributed by atoms with E-state index in [2.05, 4.69) is 17.2 Å². The van der Waals surface area contributed by atoms with Gasteiger partial charge in [-0.2, -0.15) is 0 Å². The van der Waals surface area contributed by atoms with Crippen LogP contribution in [0.4, 0.5) is 0 Å². The summed E-state index contributed by atoms with van der Waals surface area (Å²) in [7, 11) is 0. The fraction of sp³-hybridized carbons (Fsp3) is 0.471. The minimum absolute atomic E-state index is 0.545. The highest BCUT2D eigenvalue weighted by Gasteiger charge is 2.29. The highest BCUT2D eigenvalue weighted by Crippen LogP contribution is 2.21. The van der Waals surface area contributed by atoms with Crippen LogP contribution < -0.4 is 5.32 Å². The standard InChI is InChI=1S/C17H22N2O3/c1-13-2-4-14(5-3-13)16-19-15(11-22-16)10-18-12-17(20)6-8-21-9-7-17/h2-5,11,18,20H,6-10,12H2,1H3. The first-order valence-corrected chi connectivity index (χ1v) is 7.67. The molecule has 2 N–H and O–H groups in total. The van der Waals surface area contributed by atoms with Crippen molar-refractivity contribution in [1.29, 1.82) is 0 Å². The largest absolute Gasteiger partial charge is 0.444 e. The molecule has 1 aromatic carbocycles. The van der Waals surface area contributed by atoms with Crippen LogP contribution in [0.1, 0.15) is 24.1 Å². The number of oxazole rings is 1. The molecule has 1 aliphatic rings. The molecule has 0 atom stereocenters. The van der Waals surface area contributed by atoms with Crippen molar-refractivity contribution in [1.82, 2.24) is 10.3 Å². The van der Waals surface area contributed by atoms with E-state index in [9.17, 15) is 5.11 Å². The summed E-state index contributed by atoms with van der Waals surface area (Å²) in [5, 5.41) is 13.6. The first-order chi connectivity index (χ1) is 10.6. The lowest BCUT2D eigenvalue weighted by Crippen LogP contribution is -2.44. The van der Waals surface area contributed by atoms with Crippen molar-refractivity contribution >= 4 is 0 Å². The van der Waals surface area contributed by atoms with Crippen LogP contribution in [-0.2, 0) is 11.3 Å². The van der Waals surface area contributed by atoms with Gasteiger partial charge in [0.05, 0.1) is 11.3 Å². The third kappa shape index (κ3) is 3.74. The molecule has 5 heteroatoms. The molecule has 0 aliphatic carbocycles. The van der Waals surface area contributed by atoms with Crippen molar-refractivity contribution in [3.8, 4) is 11.5 Å². The first kappa shape index (κ1) is 15.2. The third-order valence-electron chi connectivity index (χ3n) is 4.03.